The molecule has 38 heavy (non-hydrogen) atoms. The molecule has 0 radical (unpaired) electrons. The average Bonchev–Trinajstić information content (AvgIpc) is 3.44. The van der Waals surface area contributed by atoms with E-state index in [1.165, 1.54) is 0 Å². The Bertz CT molecular complexity index is 857. The van der Waals surface area contributed by atoms with Crippen LogP contribution >= 0.6 is 0 Å². The molecule has 4 fully saturated rings. The number of fused-ring (bicyclic) bond motifs is 4. The number of aliphatic hydroxyl groups is 1. The fraction of sp³-hybridized carbons (Fsp3) is 1.00. The third-order valence-electron chi connectivity index (χ3n) is 11.1. The van der Waals surface area contributed by atoms with Gasteiger partial charge in [-0.1, -0.05) is 13.8 Å². The molecule has 222 valence electrons. The summed E-state index contributed by atoms with van der Waals surface area (Å²) in [5, 5.41) is 9.79. The third kappa shape index (κ3) is 4.33. The molecule has 4 rings (SSSR count). The van der Waals surface area contributed by atoms with Gasteiger partial charge in [-0.15, -0.1) is 0 Å². The van der Waals surface area contributed by atoms with Gasteiger partial charge < -0.3 is 5.11 Å². The van der Waals surface area contributed by atoms with Gasteiger partial charge in [0.05, 0.1) is 0 Å². The predicted octanol–water partition coefficient (Wildman–Crippen LogP) is 8.57. The molecule has 0 aliphatic heterocycles. The van der Waals surface area contributed by atoms with Crippen LogP contribution in [0.1, 0.15) is 59.3 Å². The van der Waals surface area contributed by atoms with E-state index < -0.39 is 72.2 Å². The Morgan fingerprint density at radius 2 is 1.00 bits per heavy atom. The lowest BCUT2D eigenvalue weighted by Gasteiger charge is -2.47. The third-order valence-corrected chi connectivity index (χ3v) is 11.1. The van der Waals surface area contributed by atoms with Gasteiger partial charge in [-0.3, -0.25) is 0 Å². The zero-order chi connectivity index (χ0) is 29.0. The molecular formula is C25H32F12O. The van der Waals surface area contributed by atoms with Gasteiger partial charge in [-0.25, -0.2) is 0 Å². The van der Waals surface area contributed by atoms with Gasteiger partial charge in [0.25, 0.3) is 5.60 Å². The summed E-state index contributed by atoms with van der Waals surface area (Å²) in [6.45, 7) is 3.80. The van der Waals surface area contributed by atoms with Crippen molar-refractivity contribution in [2.75, 3.05) is 0 Å². The first-order chi connectivity index (χ1) is 16.9. The van der Waals surface area contributed by atoms with Crippen molar-refractivity contribution in [3.8, 4) is 0 Å². The lowest BCUT2D eigenvalue weighted by molar-refractivity contribution is -0.373. The fourth-order valence-electron chi connectivity index (χ4n) is 9.14. The van der Waals surface area contributed by atoms with Gasteiger partial charge in [-0.2, -0.15) is 52.7 Å². The molecule has 4 saturated carbocycles. The summed E-state index contributed by atoms with van der Waals surface area (Å²) in [7, 11) is 0. The van der Waals surface area contributed by atoms with Crippen molar-refractivity contribution >= 4 is 0 Å². The van der Waals surface area contributed by atoms with Crippen molar-refractivity contribution in [1.29, 1.82) is 0 Å². The van der Waals surface area contributed by atoms with Crippen LogP contribution in [0.3, 0.4) is 0 Å². The Hall–Kier alpha value is -0.880. The number of hydrogen-bond acceptors (Lipinski definition) is 1. The number of hydrogen-bond donors (Lipinski definition) is 1. The summed E-state index contributed by atoms with van der Waals surface area (Å²) < 4.78 is 161. The maximum atomic E-state index is 13.5. The summed E-state index contributed by atoms with van der Waals surface area (Å²) in [5.41, 5.74) is -8.71. The molecule has 0 aromatic rings. The second kappa shape index (κ2) is 8.81. The predicted molar refractivity (Wildman–Crippen MR) is 111 cm³/mol. The molecule has 0 saturated heterocycles. The van der Waals surface area contributed by atoms with Crippen LogP contribution in [0.15, 0.2) is 0 Å². The standard InChI is InChI=1S/C25H32F12O/c1-10-12-4-15(9-21(38,24(32,33)34)25(35,36)37)17(6-12)19(10)18-11(2)16-7-13(18)5-14(16)8-20(3,22(26,27)28)23(29,30)31/h10-19,38H,4-9H2,1-3H3. The highest BCUT2D eigenvalue weighted by atomic mass is 19.4. The first-order valence-electron chi connectivity index (χ1n) is 12.9. The van der Waals surface area contributed by atoms with E-state index in [1.54, 1.807) is 6.92 Å². The molecule has 0 spiro atoms. The average molecular weight is 577 g/mol. The topological polar surface area (TPSA) is 20.2 Å². The van der Waals surface area contributed by atoms with Crippen molar-refractivity contribution in [3.63, 3.8) is 0 Å². The number of rotatable bonds is 5. The molecule has 4 bridgehead atoms. The van der Waals surface area contributed by atoms with Crippen molar-refractivity contribution in [2.24, 2.45) is 64.6 Å². The molecule has 1 N–H and O–H groups in total. The van der Waals surface area contributed by atoms with Crippen LogP contribution in [0.2, 0.25) is 0 Å². The molecule has 10 unspecified atom stereocenters. The molecule has 4 aliphatic rings. The SMILES string of the molecule is CC1C2CC(CC2CC(C)(C(F)(F)F)C(F)(F)F)C1C1C(C)C2CC(CC(O)(C(F)(F)F)C(F)(F)F)C1C2. The zero-order valence-electron chi connectivity index (χ0n) is 21.0. The van der Waals surface area contributed by atoms with Gasteiger partial charge in [-0.05, 0) is 105 Å². The Balaban J connectivity index is 1.53. The molecule has 0 heterocycles. The number of alkyl halides is 12. The second-order valence-corrected chi connectivity index (χ2v) is 12.8. The van der Waals surface area contributed by atoms with Crippen LogP contribution in [0.25, 0.3) is 0 Å². The van der Waals surface area contributed by atoms with Crippen LogP contribution in [0, 0.1) is 64.6 Å². The molecule has 0 aromatic heterocycles. The normalized spacial score (nSPS) is 40.4. The molecule has 4 aliphatic carbocycles. The highest BCUT2D eigenvalue weighted by Crippen LogP contribution is 2.69. The second-order valence-electron chi connectivity index (χ2n) is 12.8. The van der Waals surface area contributed by atoms with Gasteiger partial charge >= 0.3 is 24.7 Å². The summed E-state index contributed by atoms with van der Waals surface area (Å²) in [4.78, 5) is 0. The minimum atomic E-state index is -5.91. The van der Waals surface area contributed by atoms with Crippen molar-refractivity contribution in [2.45, 2.75) is 89.6 Å². The smallest absolute Gasteiger partial charge is 0.374 e. The Kier molecular flexibility index (Phi) is 6.97. The van der Waals surface area contributed by atoms with E-state index in [1.807, 2.05) is 6.92 Å². The molecule has 10 atom stereocenters. The van der Waals surface area contributed by atoms with E-state index in [4.69, 9.17) is 0 Å². The molecular weight excluding hydrogens is 544 g/mol. The van der Waals surface area contributed by atoms with Crippen LogP contribution in [-0.4, -0.2) is 35.4 Å². The van der Waals surface area contributed by atoms with Crippen molar-refractivity contribution in [3.05, 3.63) is 0 Å². The first kappa shape index (κ1) is 30.1. The summed E-state index contributed by atoms with van der Waals surface area (Å²) in [6, 6.07) is 0. The minimum Gasteiger partial charge on any atom is -0.374 e. The van der Waals surface area contributed by atoms with Crippen molar-refractivity contribution < 1.29 is 57.8 Å². The fourth-order valence-corrected chi connectivity index (χ4v) is 9.14. The van der Waals surface area contributed by atoms with Gasteiger partial charge in [0.1, 0.15) is 0 Å². The zero-order valence-corrected chi connectivity index (χ0v) is 21.0. The Morgan fingerprint density at radius 3 is 1.42 bits per heavy atom. The van der Waals surface area contributed by atoms with E-state index in [0.29, 0.717) is 12.8 Å². The maximum Gasteiger partial charge on any atom is 0.426 e. The lowest BCUT2D eigenvalue weighted by Crippen LogP contribution is -2.58. The van der Waals surface area contributed by atoms with E-state index in [-0.39, 0.29) is 55.3 Å². The van der Waals surface area contributed by atoms with Crippen molar-refractivity contribution in [1.82, 2.24) is 0 Å². The monoisotopic (exact) mass is 576 g/mol. The molecule has 13 heteroatoms. The van der Waals surface area contributed by atoms with E-state index in [0.717, 1.165) is 0 Å². The van der Waals surface area contributed by atoms with E-state index >= 15 is 0 Å². The number of halogens is 12. The van der Waals surface area contributed by atoms with Crippen LogP contribution < -0.4 is 0 Å². The first-order valence-corrected chi connectivity index (χ1v) is 12.9. The van der Waals surface area contributed by atoms with E-state index in [9.17, 15) is 57.8 Å². The van der Waals surface area contributed by atoms with E-state index in [2.05, 4.69) is 0 Å². The minimum absolute atomic E-state index is 0.0398. The van der Waals surface area contributed by atoms with Crippen LogP contribution in [-0.2, 0) is 0 Å². The lowest BCUT2D eigenvalue weighted by atomic mass is 9.59. The molecule has 0 aromatic carbocycles. The molecule has 0 amide bonds. The highest BCUT2D eigenvalue weighted by Gasteiger charge is 2.73. The maximum absolute atomic E-state index is 13.5. The van der Waals surface area contributed by atoms with Crippen LogP contribution in [0.4, 0.5) is 52.7 Å². The highest BCUT2D eigenvalue weighted by molar-refractivity contribution is 5.11. The Labute approximate surface area is 212 Å². The summed E-state index contributed by atoms with van der Waals surface area (Å²) >= 11 is 0. The summed E-state index contributed by atoms with van der Waals surface area (Å²) in [5.74, 6) is -4.01. The Morgan fingerprint density at radius 1 is 0.553 bits per heavy atom. The van der Waals surface area contributed by atoms with Gasteiger partial charge in [0.15, 0.2) is 5.41 Å². The van der Waals surface area contributed by atoms with Gasteiger partial charge in [0.2, 0.25) is 0 Å². The largest absolute Gasteiger partial charge is 0.426 e. The van der Waals surface area contributed by atoms with Gasteiger partial charge in [0, 0.05) is 0 Å². The quantitative estimate of drug-likeness (QED) is 0.325. The summed E-state index contributed by atoms with van der Waals surface area (Å²) in [6.07, 6.45) is -24.3. The molecule has 1 nitrogen and oxygen atoms in total. The van der Waals surface area contributed by atoms with Crippen LogP contribution in [0.5, 0.6) is 0 Å².